The van der Waals surface area contributed by atoms with Crippen LogP contribution in [0.15, 0.2) is 58.0 Å². The fraction of sp³-hybridized carbons (Fsp3) is 0.348. The van der Waals surface area contributed by atoms with Crippen molar-refractivity contribution in [1.82, 2.24) is 24.2 Å². The molecule has 9 nitrogen and oxygen atoms in total. The largest absolute Gasteiger partial charge is 0.454 e. The highest BCUT2D eigenvalue weighted by molar-refractivity contribution is 5.91. The van der Waals surface area contributed by atoms with Crippen LogP contribution < -0.4 is 10.9 Å². The highest BCUT2D eigenvalue weighted by atomic mass is 16.5. The average Bonchev–Trinajstić information content (AvgIpc) is 3.50. The summed E-state index contributed by atoms with van der Waals surface area (Å²) in [4.78, 5) is 32.2. The van der Waals surface area contributed by atoms with Crippen LogP contribution in [-0.4, -0.2) is 64.2 Å². The molecule has 0 aromatic carbocycles. The first-order valence-corrected chi connectivity index (χ1v) is 10.8. The number of carbonyl (C=O) groups is 1. The third-order valence-corrected chi connectivity index (χ3v) is 5.73. The molecule has 5 rings (SSSR count). The second-order valence-electron chi connectivity index (χ2n) is 7.83. The molecule has 9 heteroatoms. The quantitative estimate of drug-likeness (QED) is 0.445. The lowest BCUT2D eigenvalue weighted by Crippen LogP contribution is -2.38. The van der Waals surface area contributed by atoms with Gasteiger partial charge in [0.15, 0.2) is 11.4 Å². The van der Waals surface area contributed by atoms with Gasteiger partial charge in [0.2, 0.25) is 0 Å². The van der Waals surface area contributed by atoms with E-state index < -0.39 is 0 Å². The van der Waals surface area contributed by atoms with Crippen LogP contribution in [0.5, 0.6) is 0 Å². The molecule has 1 aliphatic rings. The van der Waals surface area contributed by atoms with Crippen molar-refractivity contribution in [2.45, 2.75) is 13.0 Å². The van der Waals surface area contributed by atoms with Gasteiger partial charge in [-0.15, -0.1) is 0 Å². The molecule has 0 radical (unpaired) electrons. The molecule has 4 aromatic rings. The van der Waals surface area contributed by atoms with Crippen LogP contribution in [0.1, 0.15) is 22.7 Å². The van der Waals surface area contributed by atoms with Crippen LogP contribution in [0.25, 0.3) is 16.7 Å². The number of hydrogen-bond acceptors (Lipinski definition) is 6. The fourth-order valence-electron chi connectivity index (χ4n) is 4.09. The van der Waals surface area contributed by atoms with E-state index in [0.29, 0.717) is 23.5 Å². The minimum absolute atomic E-state index is 0.160. The first kappa shape index (κ1) is 20.5. The van der Waals surface area contributed by atoms with Crippen LogP contribution in [0.2, 0.25) is 0 Å². The molecule has 1 amide bonds. The van der Waals surface area contributed by atoms with E-state index >= 15 is 0 Å². The number of nitrogens with zero attached hydrogens (tertiary/aromatic N) is 4. The molecule has 0 unspecified atom stereocenters. The van der Waals surface area contributed by atoms with Crippen molar-refractivity contribution < 1.29 is 13.9 Å². The number of furan rings is 1. The Labute approximate surface area is 184 Å². The number of fused-ring (bicyclic) bond motifs is 3. The van der Waals surface area contributed by atoms with Crippen LogP contribution in [0, 0.1) is 0 Å². The molecule has 0 atom stereocenters. The Bertz CT molecular complexity index is 1300. The summed E-state index contributed by atoms with van der Waals surface area (Å²) in [5.74, 6) is 0.504. The molecule has 0 saturated carbocycles. The van der Waals surface area contributed by atoms with Gasteiger partial charge in [-0.3, -0.25) is 19.1 Å². The molecular weight excluding hydrogens is 410 g/mol. The number of ether oxygens (including phenoxy) is 1. The second kappa shape index (κ2) is 8.97. The van der Waals surface area contributed by atoms with Crippen molar-refractivity contribution in [3.63, 3.8) is 0 Å². The number of carbonyl (C=O) groups excluding carboxylic acids is 1. The number of morpholine rings is 1. The maximum atomic E-state index is 13.0. The Kier molecular flexibility index (Phi) is 5.74. The molecule has 0 spiro atoms. The third kappa shape index (κ3) is 4.04. The zero-order valence-corrected chi connectivity index (χ0v) is 17.7. The zero-order valence-electron chi connectivity index (χ0n) is 17.7. The van der Waals surface area contributed by atoms with Crippen molar-refractivity contribution in [2.24, 2.45) is 0 Å². The van der Waals surface area contributed by atoms with E-state index in [9.17, 15) is 9.59 Å². The Morgan fingerprint density at radius 1 is 1.09 bits per heavy atom. The van der Waals surface area contributed by atoms with Crippen LogP contribution in [0.4, 0.5) is 0 Å². The second-order valence-corrected chi connectivity index (χ2v) is 7.83. The molecule has 1 saturated heterocycles. The average molecular weight is 435 g/mol. The minimum atomic E-state index is -0.254. The van der Waals surface area contributed by atoms with E-state index in [1.807, 2.05) is 28.8 Å². The Morgan fingerprint density at radius 3 is 2.81 bits per heavy atom. The summed E-state index contributed by atoms with van der Waals surface area (Å²) < 4.78 is 14.5. The zero-order chi connectivity index (χ0) is 21.9. The van der Waals surface area contributed by atoms with Crippen LogP contribution in [-0.2, 0) is 11.3 Å². The molecule has 5 heterocycles. The first-order valence-electron chi connectivity index (χ1n) is 10.8. The minimum Gasteiger partial charge on any atom is -0.454 e. The molecule has 1 fully saturated rings. The highest BCUT2D eigenvalue weighted by Crippen LogP contribution is 2.16. The Morgan fingerprint density at radius 2 is 1.94 bits per heavy atom. The van der Waals surface area contributed by atoms with E-state index in [-0.39, 0.29) is 23.8 Å². The van der Waals surface area contributed by atoms with Gasteiger partial charge in [0.25, 0.3) is 11.5 Å². The van der Waals surface area contributed by atoms with E-state index in [1.165, 1.54) is 0 Å². The first-order chi connectivity index (χ1) is 15.7. The van der Waals surface area contributed by atoms with Gasteiger partial charge < -0.3 is 18.9 Å². The Hall–Kier alpha value is -3.43. The van der Waals surface area contributed by atoms with Crippen molar-refractivity contribution in [3.8, 4) is 0 Å². The summed E-state index contributed by atoms with van der Waals surface area (Å²) in [6.07, 6.45) is 4.37. The molecule has 166 valence electrons. The number of hydrogen-bond donors (Lipinski definition) is 1. The lowest BCUT2D eigenvalue weighted by molar-refractivity contribution is 0.0374. The summed E-state index contributed by atoms with van der Waals surface area (Å²) >= 11 is 0. The van der Waals surface area contributed by atoms with E-state index in [2.05, 4.69) is 15.2 Å². The van der Waals surface area contributed by atoms with Gasteiger partial charge in [-0.1, -0.05) is 0 Å². The third-order valence-electron chi connectivity index (χ3n) is 5.73. The van der Waals surface area contributed by atoms with Crippen LogP contribution >= 0.6 is 0 Å². The molecule has 1 N–H and O–H groups in total. The molecule has 1 aliphatic heterocycles. The number of aromatic nitrogens is 3. The smallest absolute Gasteiger partial charge is 0.286 e. The monoisotopic (exact) mass is 435 g/mol. The van der Waals surface area contributed by atoms with Crippen molar-refractivity contribution in [1.29, 1.82) is 0 Å². The summed E-state index contributed by atoms with van der Waals surface area (Å²) in [6, 6.07) is 10.7. The predicted octanol–water partition coefficient (Wildman–Crippen LogP) is 1.74. The number of nitrogens with one attached hydrogen (secondary N) is 1. The summed E-state index contributed by atoms with van der Waals surface area (Å²) in [5.41, 5.74) is 1.80. The van der Waals surface area contributed by atoms with Gasteiger partial charge in [0.05, 0.1) is 25.3 Å². The summed E-state index contributed by atoms with van der Waals surface area (Å²) in [7, 11) is 0. The summed E-state index contributed by atoms with van der Waals surface area (Å²) in [6.45, 7) is 5.11. The summed E-state index contributed by atoms with van der Waals surface area (Å²) in [5, 5.41) is 2.90. The highest BCUT2D eigenvalue weighted by Gasteiger charge is 2.16. The fourth-order valence-corrected chi connectivity index (χ4v) is 4.09. The van der Waals surface area contributed by atoms with E-state index in [0.717, 1.165) is 44.8 Å². The lowest BCUT2D eigenvalue weighted by Gasteiger charge is -2.26. The van der Waals surface area contributed by atoms with Crippen molar-refractivity contribution >= 4 is 22.6 Å². The van der Waals surface area contributed by atoms with Gasteiger partial charge in [-0.05, 0) is 49.4 Å². The number of amides is 1. The van der Waals surface area contributed by atoms with Gasteiger partial charge in [0.1, 0.15) is 11.3 Å². The number of rotatable bonds is 7. The molecular formula is C23H25N5O4. The van der Waals surface area contributed by atoms with Gasteiger partial charge in [-0.25, -0.2) is 4.98 Å². The molecule has 0 bridgehead atoms. The number of pyridine rings is 1. The van der Waals surface area contributed by atoms with Gasteiger partial charge >= 0.3 is 0 Å². The van der Waals surface area contributed by atoms with Crippen LogP contribution in [0.3, 0.4) is 0 Å². The maximum absolute atomic E-state index is 13.0. The normalized spacial score (nSPS) is 14.9. The van der Waals surface area contributed by atoms with Crippen molar-refractivity contribution in [2.75, 3.05) is 39.4 Å². The van der Waals surface area contributed by atoms with Gasteiger partial charge in [-0.2, -0.15) is 0 Å². The molecule has 4 aromatic heterocycles. The van der Waals surface area contributed by atoms with Crippen molar-refractivity contribution in [3.05, 3.63) is 70.7 Å². The maximum Gasteiger partial charge on any atom is 0.286 e. The molecule has 0 aliphatic carbocycles. The molecule has 32 heavy (non-hydrogen) atoms. The Balaban J connectivity index is 1.27. The van der Waals surface area contributed by atoms with E-state index in [1.54, 1.807) is 29.0 Å². The predicted molar refractivity (Wildman–Crippen MR) is 119 cm³/mol. The topological polar surface area (TPSA) is 94.0 Å². The van der Waals surface area contributed by atoms with Gasteiger partial charge in [0, 0.05) is 32.0 Å². The standard InChI is InChI=1S/C23H25N5O4/c29-22(25-9-3-10-26-12-14-31-15-13-26)20-7-6-17(32-20)16-28-21-18(4-1-8-24-21)27-11-2-5-19(27)23(28)30/h1-2,4-8,11H,3,9-10,12-16H2,(H,25,29). The lowest BCUT2D eigenvalue weighted by atomic mass is 10.3. The SMILES string of the molecule is O=C(NCCCN1CCOCC1)c1ccc(Cn2c(=O)c3cccn3c3cccnc32)o1. The van der Waals surface area contributed by atoms with E-state index in [4.69, 9.17) is 9.15 Å².